The first-order valence-corrected chi connectivity index (χ1v) is 10.1. The summed E-state index contributed by atoms with van der Waals surface area (Å²) in [5, 5.41) is 0. The van der Waals surface area contributed by atoms with Crippen molar-refractivity contribution in [2.45, 2.75) is 53.4 Å². The Labute approximate surface area is 168 Å². The molecule has 1 aromatic carbocycles. The van der Waals surface area contributed by atoms with E-state index in [0.717, 1.165) is 12.8 Å². The number of ether oxygens (including phenoxy) is 4. The maximum Gasteiger partial charge on any atom is 0.306 e. The van der Waals surface area contributed by atoms with Crippen molar-refractivity contribution in [2.24, 2.45) is 11.8 Å². The molecule has 0 saturated carbocycles. The second-order valence-electron chi connectivity index (χ2n) is 7.26. The van der Waals surface area contributed by atoms with E-state index >= 15 is 0 Å². The molecule has 0 N–H and O–H groups in total. The van der Waals surface area contributed by atoms with Crippen LogP contribution in [-0.4, -0.2) is 38.4 Å². The van der Waals surface area contributed by atoms with Crippen molar-refractivity contribution in [2.75, 3.05) is 26.4 Å². The molecule has 0 aliphatic carbocycles. The Morgan fingerprint density at radius 1 is 0.821 bits per heavy atom. The molecule has 0 saturated heterocycles. The summed E-state index contributed by atoms with van der Waals surface area (Å²) in [5.41, 5.74) is 0. The van der Waals surface area contributed by atoms with Crippen LogP contribution in [0.2, 0.25) is 0 Å². The first-order valence-electron chi connectivity index (χ1n) is 10.1. The summed E-state index contributed by atoms with van der Waals surface area (Å²) < 4.78 is 21.4. The van der Waals surface area contributed by atoms with Crippen LogP contribution in [0.4, 0.5) is 0 Å². The lowest BCUT2D eigenvalue weighted by atomic mass is 10.1. The van der Waals surface area contributed by atoms with Gasteiger partial charge in [-0.25, -0.2) is 0 Å². The van der Waals surface area contributed by atoms with E-state index in [4.69, 9.17) is 18.9 Å². The fourth-order valence-electron chi connectivity index (χ4n) is 2.23. The van der Waals surface area contributed by atoms with Crippen molar-refractivity contribution in [3.63, 3.8) is 0 Å². The third-order valence-corrected chi connectivity index (χ3v) is 4.19. The van der Waals surface area contributed by atoms with Gasteiger partial charge in [-0.2, -0.15) is 0 Å². The summed E-state index contributed by atoms with van der Waals surface area (Å²) in [7, 11) is 0. The van der Waals surface area contributed by atoms with Crippen molar-refractivity contribution >= 4 is 11.9 Å². The zero-order valence-corrected chi connectivity index (χ0v) is 17.6. The second kappa shape index (κ2) is 13.9. The maximum absolute atomic E-state index is 11.6. The number of carbonyl (C=O) groups is 2. The molecule has 0 aliphatic heterocycles. The van der Waals surface area contributed by atoms with E-state index in [1.165, 1.54) is 0 Å². The molecule has 0 radical (unpaired) electrons. The van der Waals surface area contributed by atoms with Crippen molar-refractivity contribution in [1.29, 1.82) is 0 Å². The van der Waals surface area contributed by atoms with E-state index in [2.05, 4.69) is 20.8 Å². The standard InChI is InChI=1S/C22H34O6/c1-5-18(4)16-22(24)28-15-13-26-20-9-7-19(8-10-20)25-12-14-27-21(23)11-6-17(2)3/h7-10,17-18H,5-6,11-16H2,1-4H3. The minimum absolute atomic E-state index is 0.188. The van der Waals surface area contributed by atoms with E-state index in [1.54, 1.807) is 24.3 Å². The topological polar surface area (TPSA) is 71.1 Å². The summed E-state index contributed by atoms with van der Waals surface area (Å²) in [6.45, 7) is 9.30. The summed E-state index contributed by atoms with van der Waals surface area (Å²) in [6.07, 6.45) is 2.67. The van der Waals surface area contributed by atoms with E-state index in [1.807, 2.05) is 6.92 Å². The van der Waals surface area contributed by atoms with Gasteiger partial charge in [0.25, 0.3) is 0 Å². The lowest BCUT2D eigenvalue weighted by Crippen LogP contribution is -2.14. The van der Waals surface area contributed by atoms with Gasteiger partial charge in [-0.3, -0.25) is 9.59 Å². The summed E-state index contributed by atoms with van der Waals surface area (Å²) >= 11 is 0. The van der Waals surface area contributed by atoms with Crippen molar-refractivity contribution < 1.29 is 28.5 Å². The van der Waals surface area contributed by atoms with Crippen LogP contribution < -0.4 is 9.47 Å². The third-order valence-electron chi connectivity index (χ3n) is 4.19. The normalized spacial score (nSPS) is 11.8. The molecule has 0 bridgehead atoms. The predicted octanol–water partition coefficient (Wildman–Crippen LogP) is 4.40. The quantitative estimate of drug-likeness (QED) is 0.344. The maximum atomic E-state index is 11.6. The Bertz CT molecular complexity index is 567. The van der Waals surface area contributed by atoms with Crippen LogP contribution in [0.15, 0.2) is 24.3 Å². The van der Waals surface area contributed by atoms with Crippen molar-refractivity contribution in [3.8, 4) is 11.5 Å². The van der Waals surface area contributed by atoms with Crippen molar-refractivity contribution in [1.82, 2.24) is 0 Å². The minimum atomic E-state index is -0.189. The number of benzene rings is 1. The van der Waals surface area contributed by atoms with Gasteiger partial charge < -0.3 is 18.9 Å². The van der Waals surface area contributed by atoms with Crippen LogP contribution in [-0.2, 0) is 19.1 Å². The lowest BCUT2D eigenvalue weighted by Gasteiger charge is -2.11. The predicted molar refractivity (Wildman–Crippen MR) is 107 cm³/mol. The van der Waals surface area contributed by atoms with Gasteiger partial charge in [0.1, 0.15) is 37.9 Å². The molecule has 1 rings (SSSR count). The Hall–Kier alpha value is -2.24. The molecule has 6 nitrogen and oxygen atoms in total. The SMILES string of the molecule is CCC(C)CC(=O)OCCOc1ccc(OCCOC(=O)CCC(C)C)cc1. The van der Waals surface area contributed by atoms with Crippen LogP contribution in [0, 0.1) is 11.8 Å². The van der Waals surface area contributed by atoms with Gasteiger partial charge in [0.2, 0.25) is 0 Å². The molecule has 0 aliphatic rings. The average molecular weight is 395 g/mol. The van der Waals surface area contributed by atoms with Gasteiger partial charge >= 0.3 is 11.9 Å². The first kappa shape index (κ1) is 23.8. The molecule has 0 spiro atoms. The molecule has 0 aromatic heterocycles. The highest BCUT2D eigenvalue weighted by atomic mass is 16.6. The van der Waals surface area contributed by atoms with E-state index < -0.39 is 0 Å². The zero-order valence-electron chi connectivity index (χ0n) is 17.6. The highest BCUT2D eigenvalue weighted by Gasteiger charge is 2.08. The van der Waals surface area contributed by atoms with Gasteiger partial charge in [-0.1, -0.05) is 34.1 Å². The molecule has 6 heteroatoms. The van der Waals surface area contributed by atoms with Crippen LogP contribution in [0.3, 0.4) is 0 Å². The molecule has 28 heavy (non-hydrogen) atoms. The van der Waals surface area contributed by atoms with Crippen LogP contribution in [0.1, 0.15) is 53.4 Å². The third kappa shape index (κ3) is 11.5. The van der Waals surface area contributed by atoms with E-state index in [0.29, 0.717) is 49.4 Å². The van der Waals surface area contributed by atoms with E-state index in [9.17, 15) is 9.59 Å². The van der Waals surface area contributed by atoms with Gasteiger partial charge in [-0.15, -0.1) is 0 Å². The summed E-state index contributed by atoms with van der Waals surface area (Å²) in [4.78, 5) is 23.1. The van der Waals surface area contributed by atoms with E-state index in [-0.39, 0.29) is 25.2 Å². The zero-order chi connectivity index (χ0) is 20.8. The summed E-state index contributed by atoms with van der Waals surface area (Å²) in [6, 6.07) is 7.13. The highest BCUT2D eigenvalue weighted by Crippen LogP contribution is 2.17. The fraction of sp³-hybridized carbons (Fsp3) is 0.636. The molecule has 158 valence electrons. The molecule has 0 amide bonds. The number of esters is 2. The monoisotopic (exact) mass is 394 g/mol. The van der Waals surface area contributed by atoms with Crippen LogP contribution in [0.5, 0.6) is 11.5 Å². The number of rotatable bonds is 14. The van der Waals surface area contributed by atoms with Crippen molar-refractivity contribution in [3.05, 3.63) is 24.3 Å². The lowest BCUT2D eigenvalue weighted by molar-refractivity contribution is -0.146. The number of carbonyl (C=O) groups excluding carboxylic acids is 2. The second-order valence-corrected chi connectivity index (χ2v) is 7.26. The number of hydrogen-bond acceptors (Lipinski definition) is 6. The van der Waals surface area contributed by atoms with Gasteiger partial charge in [0, 0.05) is 12.8 Å². The Morgan fingerprint density at radius 3 is 1.79 bits per heavy atom. The van der Waals surface area contributed by atoms with Gasteiger partial charge in [0.15, 0.2) is 0 Å². The largest absolute Gasteiger partial charge is 0.490 e. The summed E-state index contributed by atoms with van der Waals surface area (Å²) in [5.74, 6) is 1.79. The molecule has 0 heterocycles. The van der Waals surface area contributed by atoms with Gasteiger partial charge in [-0.05, 0) is 42.5 Å². The highest BCUT2D eigenvalue weighted by molar-refractivity contribution is 5.69. The Balaban J connectivity index is 2.15. The molecule has 0 fully saturated rings. The molecule has 1 unspecified atom stereocenters. The Morgan fingerprint density at radius 2 is 1.32 bits per heavy atom. The van der Waals surface area contributed by atoms with Gasteiger partial charge in [0.05, 0.1) is 0 Å². The Kier molecular flexibility index (Phi) is 11.8. The molecular formula is C22H34O6. The molecular weight excluding hydrogens is 360 g/mol. The average Bonchev–Trinajstić information content (AvgIpc) is 2.67. The van der Waals surface area contributed by atoms with Crippen LogP contribution in [0.25, 0.3) is 0 Å². The first-order chi connectivity index (χ1) is 13.4. The number of hydrogen-bond donors (Lipinski definition) is 0. The smallest absolute Gasteiger partial charge is 0.306 e. The molecule has 1 atom stereocenters. The van der Waals surface area contributed by atoms with Crippen LogP contribution >= 0.6 is 0 Å². The fourth-order valence-corrected chi connectivity index (χ4v) is 2.23. The molecule has 1 aromatic rings. The minimum Gasteiger partial charge on any atom is -0.490 e.